The molecule has 2 bridgehead atoms. The van der Waals surface area contributed by atoms with Crippen LogP contribution >= 0.6 is 0 Å². The van der Waals surface area contributed by atoms with Gasteiger partial charge in [-0.3, -0.25) is 4.79 Å². The first-order valence-corrected chi connectivity index (χ1v) is 17.4. The molecule has 2 aromatic carbocycles. The summed E-state index contributed by atoms with van der Waals surface area (Å²) in [6.45, 7) is 8.68. The molecule has 3 fully saturated rings. The fourth-order valence-electron chi connectivity index (χ4n) is 8.18. The normalized spacial score (nSPS) is 23.1. The molecule has 3 heterocycles. The number of nitrogens with zero attached hydrogens (tertiary/aromatic N) is 1. The summed E-state index contributed by atoms with van der Waals surface area (Å²) in [7, 11) is 0. The summed E-state index contributed by atoms with van der Waals surface area (Å²) < 4.78 is 20.6. The molecule has 6 heteroatoms. The van der Waals surface area contributed by atoms with Gasteiger partial charge in [0.1, 0.15) is 6.10 Å². The van der Waals surface area contributed by atoms with E-state index >= 15 is 0 Å². The maximum absolute atomic E-state index is 14.7. The molecule has 1 spiro atoms. The van der Waals surface area contributed by atoms with Gasteiger partial charge >= 0.3 is 11.9 Å². The van der Waals surface area contributed by atoms with Gasteiger partial charge < -0.3 is 18.7 Å². The molecular weight excluding hydrogens is 550 g/mol. The standard InChI is InChI=1S/C38H54NO5/c1-4-5-6-7-8-15-22-35(40)43-36(29(2)3)44-38(30-18-11-9-12-19-30,31-20-13-10-14-21-31)37(41)42-34-27-32-23-24-33(28-34)39(32)25-16-17-26-39/h9-14,18-21,29,32-34,36H,4-8,15-17,22-28H2,1-3H3/q+1. The molecule has 6 nitrogen and oxygen atoms in total. The highest BCUT2D eigenvalue weighted by atomic mass is 16.7. The molecule has 0 aromatic heterocycles. The molecule has 5 rings (SSSR count). The summed E-state index contributed by atoms with van der Waals surface area (Å²) in [4.78, 5) is 27.8. The van der Waals surface area contributed by atoms with Crippen LogP contribution in [0.5, 0.6) is 0 Å². The molecule has 0 N–H and O–H groups in total. The maximum Gasteiger partial charge on any atom is 0.348 e. The molecule has 3 aliphatic heterocycles. The van der Waals surface area contributed by atoms with Crippen molar-refractivity contribution in [3.05, 3.63) is 71.8 Å². The predicted molar refractivity (Wildman–Crippen MR) is 173 cm³/mol. The highest BCUT2D eigenvalue weighted by Crippen LogP contribution is 2.47. The summed E-state index contributed by atoms with van der Waals surface area (Å²) in [6.07, 6.45) is 12.7. The van der Waals surface area contributed by atoms with Gasteiger partial charge in [-0.15, -0.1) is 0 Å². The van der Waals surface area contributed by atoms with Gasteiger partial charge in [-0.25, -0.2) is 4.79 Å². The lowest BCUT2D eigenvalue weighted by Crippen LogP contribution is -2.60. The monoisotopic (exact) mass is 604 g/mol. The average molecular weight is 605 g/mol. The smallest absolute Gasteiger partial charge is 0.348 e. The largest absolute Gasteiger partial charge is 0.459 e. The highest BCUT2D eigenvalue weighted by Gasteiger charge is 2.57. The topological polar surface area (TPSA) is 61.8 Å². The fourth-order valence-corrected chi connectivity index (χ4v) is 8.18. The Labute approximate surface area is 265 Å². The SMILES string of the molecule is CCCCCCCCC(=O)OC(OC(C(=O)OC1CC2CCC(C1)[N+]21CCCC1)(c1ccccc1)c1ccccc1)C(C)C. The second kappa shape index (κ2) is 15.1. The second-order valence-electron chi connectivity index (χ2n) is 13.8. The Morgan fingerprint density at radius 3 is 1.91 bits per heavy atom. The van der Waals surface area contributed by atoms with Gasteiger partial charge in [0.25, 0.3) is 0 Å². The molecule has 0 aliphatic carbocycles. The maximum atomic E-state index is 14.7. The van der Waals surface area contributed by atoms with Crippen LogP contribution in [-0.2, 0) is 29.4 Å². The molecule has 44 heavy (non-hydrogen) atoms. The van der Waals surface area contributed by atoms with Gasteiger partial charge in [0.2, 0.25) is 11.9 Å². The number of piperidine rings is 1. The van der Waals surface area contributed by atoms with Crippen molar-refractivity contribution in [2.45, 2.75) is 134 Å². The Bertz CT molecular complexity index is 1140. The molecule has 2 aromatic rings. The van der Waals surface area contributed by atoms with E-state index < -0.39 is 17.9 Å². The zero-order valence-electron chi connectivity index (χ0n) is 27.3. The highest BCUT2D eigenvalue weighted by molar-refractivity contribution is 5.86. The van der Waals surface area contributed by atoms with Crippen LogP contribution in [0.4, 0.5) is 0 Å². The summed E-state index contributed by atoms with van der Waals surface area (Å²) in [5, 5.41) is 0. The van der Waals surface area contributed by atoms with E-state index in [1.165, 1.54) is 62.5 Å². The number of ether oxygens (including phenoxy) is 3. The number of hydrogen-bond donors (Lipinski definition) is 0. The molecule has 0 radical (unpaired) electrons. The van der Waals surface area contributed by atoms with Crippen LogP contribution < -0.4 is 0 Å². The van der Waals surface area contributed by atoms with Crippen LogP contribution in [-0.4, -0.2) is 54.0 Å². The van der Waals surface area contributed by atoms with Gasteiger partial charge in [-0.05, 0) is 17.5 Å². The van der Waals surface area contributed by atoms with Crippen LogP contribution in [0, 0.1) is 5.92 Å². The zero-order valence-corrected chi connectivity index (χ0v) is 27.3. The summed E-state index contributed by atoms with van der Waals surface area (Å²) in [5.74, 6) is -0.883. The first-order valence-electron chi connectivity index (χ1n) is 17.4. The number of unbranched alkanes of at least 4 members (excludes halogenated alkanes) is 5. The number of quaternary nitrogens is 1. The minimum absolute atomic E-state index is 0.146. The summed E-state index contributed by atoms with van der Waals surface area (Å²) in [6, 6.07) is 20.3. The minimum Gasteiger partial charge on any atom is -0.459 e. The summed E-state index contributed by atoms with van der Waals surface area (Å²) in [5.41, 5.74) is -0.222. The van der Waals surface area contributed by atoms with Crippen molar-refractivity contribution in [3.8, 4) is 0 Å². The van der Waals surface area contributed by atoms with E-state index in [1.807, 2.05) is 74.5 Å². The zero-order chi connectivity index (χ0) is 31.0. The number of hydrogen-bond acceptors (Lipinski definition) is 5. The van der Waals surface area contributed by atoms with E-state index in [2.05, 4.69) is 6.92 Å². The Kier molecular flexibility index (Phi) is 11.2. The summed E-state index contributed by atoms with van der Waals surface area (Å²) >= 11 is 0. The lowest BCUT2D eigenvalue weighted by Gasteiger charge is -2.47. The Morgan fingerprint density at radius 1 is 0.818 bits per heavy atom. The number of carbonyl (C=O) groups excluding carboxylic acids is 2. The minimum atomic E-state index is -1.58. The van der Waals surface area contributed by atoms with Crippen LogP contribution in [0.1, 0.15) is 115 Å². The van der Waals surface area contributed by atoms with Crippen molar-refractivity contribution in [1.82, 2.24) is 0 Å². The van der Waals surface area contributed by atoms with Gasteiger partial charge in [0.05, 0.1) is 25.2 Å². The van der Waals surface area contributed by atoms with Crippen LogP contribution in [0.25, 0.3) is 0 Å². The fraction of sp³-hybridized carbons (Fsp3) is 0.632. The Morgan fingerprint density at radius 2 is 1.36 bits per heavy atom. The first kappa shape index (κ1) is 32.7. The molecule has 0 saturated carbocycles. The van der Waals surface area contributed by atoms with Crippen LogP contribution in [0.2, 0.25) is 0 Å². The average Bonchev–Trinajstić information content (AvgIpc) is 3.58. The lowest BCUT2D eigenvalue weighted by atomic mass is 9.85. The van der Waals surface area contributed by atoms with Crippen molar-refractivity contribution < 1.29 is 28.3 Å². The van der Waals surface area contributed by atoms with Gasteiger partial charge in [-0.1, -0.05) is 114 Å². The molecule has 3 aliphatic rings. The third-order valence-corrected chi connectivity index (χ3v) is 10.5. The van der Waals surface area contributed by atoms with Gasteiger partial charge in [-0.2, -0.15) is 0 Å². The molecule has 0 amide bonds. The Hall–Kier alpha value is -2.70. The molecule has 3 saturated heterocycles. The van der Waals surface area contributed by atoms with Crippen molar-refractivity contribution >= 4 is 11.9 Å². The predicted octanol–water partition coefficient (Wildman–Crippen LogP) is 8.07. The number of benzene rings is 2. The van der Waals surface area contributed by atoms with E-state index in [4.69, 9.17) is 14.2 Å². The van der Waals surface area contributed by atoms with E-state index in [0.29, 0.717) is 29.6 Å². The third-order valence-electron chi connectivity index (χ3n) is 10.5. The van der Waals surface area contributed by atoms with Crippen molar-refractivity contribution in [3.63, 3.8) is 0 Å². The van der Waals surface area contributed by atoms with Gasteiger partial charge in [0, 0.05) is 50.9 Å². The molecule has 3 unspecified atom stereocenters. The number of rotatable bonds is 15. The number of esters is 2. The van der Waals surface area contributed by atoms with Gasteiger partial charge in [0.15, 0.2) is 0 Å². The van der Waals surface area contributed by atoms with Crippen molar-refractivity contribution in [2.75, 3.05) is 13.1 Å². The van der Waals surface area contributed by atoms with E-state index in [-0.39, 0.29) is 18.0 Å². The third kappa shape index (κ3) is 7.07. The Balaban J connectivity index is 1.39. The van der Waals surface area contributed by atoms with Crippen molar-refractivity contribution in [1.29, 1.82) is 0 Å². The van der Waals surface area contributed by atoms with E-state index in [9.17, 15) is 9.59 Å². The second-order valence-corrected chi connectivity index (χ2v) is 13.8. The van der Waals surface area contributed by atoms with Crippen molar-refractivity contribution in [2.24, 2.45) is 5.92 Å². The molecule has 3 atom stereocenters. The van der Waals surface area contributed by atoms with Crippen LogP contribution in [0.15, 0.2) is 60.7 Å². The molecule has 240 valence electrons. The van der Waals surface area contributed by atoms with Crippen LogP contribution in [0.3, 0.4) is 0 Å². The lowest BCUT2D eigenvalue weighted by molar-refractivity contribution is -0.956. The number of carbonyl (C=O) groups is 2. The van der Waals surface area contributed by atoms with E-state index in [1.54, 1.807) is 0 Å². The van der Waals surface area contributed by atoms with E-state index in [0.717, 1.165) is 32.1 Å². The quantitative estimate of drug-likeness (QED) is 0.0890. The molecular formula is C38H54NO5+. The first-order chi connectivity index (χ1) is 21.4.